The first kappa shape index (κ1) is 20.1. The van der Waals surface area contributed by atoms with Crippen LogP contribution >= 0.6 is 0 Å². The molecule has 0 aliphatic heterocycles. The van der Waals surface area contributed by atoms with Gasteiger partial charge in [0.25, 0.3) is 0 Å². The van der Waals surface area contributed by atoms with E-state index in [9.17, 15) is 9.59 Å². The topological polar surface area (TPSA) is 135 Å². The predicted molar refractivity (Wildman–Crippen MR) is 88.3 cm³/mol. The molecule has 8 nitrogen and oxygen atoms in total. The fourth-order valence-corrected chi connectivity index (χ4v) is 2.53. The van der Waals surface area contributed by atoms with Crippen molar-refractivity contribution in [2.24, 2.45) is 11.5 Å². The van der Waals surface area contributed by atoms with Crippen LogP contribution < -0.4 is 16.0 Å². The van der Waals surface area contributed by atoms with Crippen molar-refractivity contribution in [1.29, 1.82) is 0 Å². The highest BCUT2D eigenvalue weighted by atomic mass is 16.4. The predicted octanol–water partition coefficient (Wildman–Crippen LogP) is 0.248. The molecule has 0 bridgehead atoms. The van der Waals surface area contributed by atoms with Gasteiger partial charge in [-0.3, -0.25) is 9.59 Å². The number of carboxylic acid groups (broad SMARTS) is 2. The normalized spacial score (nSPS) is 13.6. The third kappa shape index (κ3) is 7.10. The second-order valence-electron chi connectivity index (χ2n) is 6.20. The summed E-state index contributed by atoms with van der Waals surface area (Å²) in [7, 11) is 0. The number of hydrogen-bond donors (Lipinski definition) is 4. The number of nitrogens with zero attached hydrogens (tertiary/aromatic N) is 2. The van der Waals surface area contributed by atoms with Crippen LogP contribution in [0.2, 0.25) is 0 Å². The van der Waals surface area contributed by atoms with Gasteiger partial charge in [0.1, 0.15) is 24.0 Å². The van der Waals surface area contributed by atoms with Gasteiger partial charge >= 0.3 is 11.9 Å². The molecule has 0 unspecified atom stereocenters. The second kappa shape index (κ2) is 10.0. The van der Waals surface area contributed by atoms with E-state index in [0.29, 0.717) is 12.8 Å². The smallest absolute Gasteiger partial charge is 0.320 e. The lowest BCUT2D eigenvalue weighted by Crippen LogP contribution is -2.32. The molecule has 0 aliphatic carbocycles. The van der Waals surface area contributed by atoms with Crippen LogP contribution in [0.25, 0.3) is 0 Å². The van der Waals surface area contributed by atoms with Crippen LogP contribution in [-0.2, 0) is 22.7 Å². The molecule has 1 rings (SSSR count). The summed E-state index contributed by atoms with van der Waals surface area (Å²) in [5, 5.41) is 17.5. The minimum atomic E-state index is -0.952. The molecule has 0 saturated carbocycles. The number of rotatable bonds is 12. The maximum Gasteiger partial charge on any atom is 0.320 e. The van der Waals surface area contributed by atoms with Crippen molar-refractivity contribution in [3.63, 3.8) is 0 Å². The molecule has 8 heteroatoms. The van der Waals surface area contributed by atoms with Crippen LogP contribution in [-0.4, -0.2) is 38.8 Å². The molecule has 24 heavy (non-hydrogen) atoms. The van der Waals surface area contributed by atoms with Crippen LogP contribution in [0, 0.1) is 6.92 Å². The van der Waals surface area contributed by atoms with Gasteiger partial charge in [0, 0.05) is 6.92 Å². The quantitative estimate of drug-likeness (QED) is 0.318. The van der Waals surface area contributed by atoms with Gasteiger partial charge in [-0.15, -0.1) is 0 Å². The van der Waals surface area contributed by atoms with E-state index in [-0.39, 0.29) is 0 Å². The van der Waals surface area contributed by atoms with Gasteiger partial charge in [-0.1, -0.05) is 0 Å². The van der Waals surface area contributed by atoms with E-state index in [1.165, 1.54) is 0 Å². The number of carboxylic acids is 2. The molecular formula is C16H29N4O4+. The Morgan fingerprint density at radius 3 is 2.17 bits per heavy atom. The second-order valence-corrected chi connectivity index (χ2v) is 6.20. The molecule has 0 saturated heterocycles. The van der Waals surface area contributed by atoms with E-state index in [4.69, 9.17) is 21.7 Å². The van der Waals surface area contributed by atoms with Crippen LogP contribution in [0.1, 0.15) is 44.2 Å². The lowest BCUT2D eigenvalue weighted by Gasteiger charge is -2.05. The number of aliphatic carboxylic acids is 2. The molecule has 1 aromatic heterocycles. The van der Waals surface area contributed by atoms with Gasteiger partial charge in [0.15, 0.2) is 0 Å². The van der Waals surface area contributed by atoms with Crippen molar-refractivity contribution in [1.82, 2.24) is 4.57 Å². The van der Waals surface area contributed by atoms with E-state index in [0.717, 1.165) is 44.5 Å². The fourth-order valence-electron chi connectivity index (χ4n) is 2.53. The summed E-state index contributed by atoms with van der Waals surface area (Å²) in [6.45, 7) is 3.68. The molecule has 136 valence electrons. The van der Waals surface area contributed by atoms with Gasteiger partial charge in [-0.05, 0) is 38.5 Å². The highest BCUT2D eigenvalue weighted by molar-refractivity contribution is 5.73. The molecule has 0 aromatic carbocycles. The Labute approximate surface area is 142 Å². The van der Waals surface area contributed by atoms with Crippen molar-refractivity contribution in [3.8, 4) is 0 Å². The Morgan fingerprint density at radius 1 is 1.08 bits per heavy atom. The minimum Gasteiger partial charge on any atom is -0.480 e. The Kier molecular flexibility index (Phi) is 8.42. The van der Waals surface area contributed by atoms with E-state index in [1.807, 2.05) is 13.3 Å². The molecule has 1 aromatic rings. The largest absolute Gasteiger partial charge is 0.480 e. The summed E-state index contributed by atoms with van der Waals surface area (Å²) in [5.74, 6) is -1.90. The average Bonchev–Trinajstić information content (AvgIpc) is 2.87. The van der Waals surface area contributed by atoms with Crippen molar-refractivity contribution in [3.05, 3.63) is 18.2 Å². The molecule has 0 spiro atoms. The molecule has 0 aliphatic rings. The van der Waals surface area contributed by atoms with Crippen molar-refractivity contribution in [2.75, 3.05) is 0 Å². The highest BCUT2D eigenvalue weighted by Crippen LogP contribution is 2.05. The summed E-state index contributed by atoms with van der Waals surface area (Å²) < 4.78 is 4.22. The number of carbonyl (C=O) groups is 2. The maximum absolute atomic E-state index is 10.7. The van der Waals surface area contributed by atoms with E-state index in [1.54, 1.807) is 0 Å². The van der Waals surface area contributed by atoms with E-state index >= 15 is 0 Å². The Bertz CT molecular complexity index is 544. The zero-order chi connectivity index (χ0) is 18.1. The molecule has 6 N–H and O–H groups in total. The van der Waals surface area contributed by atoms with E-state index in [2.05, 4.69) is 15.3 Å². The van der Waals surface area contributed by atoms with Gasteiger partial charge in [0.2, 0.25) is 6.33 Å². The maximum atomic E-state index is 10.7. The number of hydrogen-bond acceptors (Lipinski definition) is 4. The standard InChI is InChI=1S/C16H28N4O4/c1-12-10-19(8-4-2-6-13(17)15(21)22)11-20(12)9-5-3-7-14(18)16(23)24/h10-11,13-14H,2-9,17-18H2,1H3,(H-,21,22,23,24)/p+1/t13-,14+/m0/s1. The lowest BCUT2D eigenvalue weighted by atomic mass is 10.1. The van der Waals surface area contributed by atoms with E-state index < -0.39 is 24.0 Å². The van der Waals surface area contributed by atoms with Gasteiger partial charge in [0.05, 0.1) is 13.1 Å². The summed E-state index contributed by atoms with van der Waals surface area (Å²) in [6.07, 6.45) is 8.37. The fraction of sp³-hybridized carbons (Fsp3) is 0.688. The molecule has 2 atom stereocenters. The number of imidazole rings is 1. The van der Waals surface area contributed by atoms with Crippen LogP contribution in [0.4, 0.5) is 0 Å². The van der Waals surface area contributed by atoms with Crippen molar-refractivity contribution < 1.29 is 24.4 Å². The lowest BCUT2D eigenvalue weighted by molar-refractivity contribution is -0.697. The first-order chi connectivity index (χ1) is 11.3. The van der Waals surface area contributed by atoms with Gasteiger partial charge in [-0.2, -0.15) is 0 Å². The van der Waals surface area contributed by atoms with Crippen molar-refractivity contribution >= 4 is 11.9 Å². The number of aromatic nitrogens is 2. The summed E-state index contributed by atoms with van der Waals surface area (Å²) in [6, 6.07) is -1.56. The van der Waals surface area contributed by atoms with Crippen molar-refractivity contribution in [2.45, 2.75) is 70.6 Å². The SMILES string of the molecule is Cc1c[n+](CCCC[C@H](N)C(=O)O)cn1CCCC[C@@H](N)C(=O)O. The molecule has 0 fully saturated rings. The first-order valence-electron chi connectivity index (χ1n) is 8.34. The number of aryl methyl sites for hydroxylation is 3. The van der Waals surface area contributed by atoms with Crippen LogP contribution in [0.15, 0.2) is 12.5 Å². The molecule has 0 radical (unpaired) electrons. The summed E-state index contributed by atoms with van der Waals surface area (Å²) in [5.41, 5.74) is 12.1. The third-order valence-corrected chi connectivity index (χ3v) is 4.07. The molecule has 0 amide bonds. The van der Waals surface area contributed by atoms with Gasteiger partial charge < -0.3 is 21.7 Å². The molecule has 1 heterocycles. The van der Waals surface area contributed by atoms with Crippen LogP contribution in [0.5, 0.6) is 0 Å². The Morgan fingerprint density at radius 2 is 1.62 bits per heavy atom. The summed E-state index contributed by atoms with van der Waals surface area (Å²) >= 11 is 0. The zero-order valence-electron chi connectivity index (χ0n) is 14.2. The monoisotopic (exact) mass is 341 g/mol. The van der Waals surface area contributed by atoms with Crippen LogP contribution in [0.3, 0.4) is 0 Å². The number of unbranched alkanes of at least 4 members (excludes halogenated alkanes) is 2. The zero-order valence-corrected chi connectivity index (χ0v) is 14.2. The Hall–Kier alpha value is -1.93. The Balaban J connectivity index is 2.29. The highest BCUT2D eigenvalue weighted by Gasteiger charge is 2.13. The first-order valence-corrected chi connectivity index (χ1v) is 8.34. The van der Waals surface area contributed by atoms with Gasteiger partial charge in [-0.25, -0.2) is 9.13 Å². The minimum absolute atomic E-state index is 0.486. The molecular weight excluding hydrogens is 312 g/mol. The summed E-state index contributed by atoms with van der Waals surface area (Å²) in [4.78, 5) is 21.3. The third-order valence-electron chi connectivity index (χ3n) is 4.07. The average molecular weight is 341 g/mol. The number of nitrogens with two attached hydrogens (primary N) is 2.